The molecule has 1 aliphatic heterocycles. The molecule has 1 atom stereocenters. The average Bonchev–Trinajstić information content (AvgIpc) is 3.51. The van der Waals surface area contributed by atoms with E-state index >= 15 is 0 Å². The summed E-state index contributed by atoms with van der Waals surface area (Å²) in [5.41, 5.74) is 1.24. The molecular formula is C22H35N3O. The van der Waals surface area contributed by atoms with E-state index in [1.165, 1.54) is 37.7 Å². The maximum atomic E-state index is 13.1. The third kappa shape index (κ3) is 5.55. The van der Waals surface area contributed by atoms with Crippen molar-refractivity contribution < 1.29 is 4.79 Å². The zero-order valence-electron chi connectivity index (χ0n) is 16.5. The zero-order chi connectivity index (χ0) is 18.4. The largest absolute Gasteiger partial charge is 0.334 e. The molecule has 0 spiro atoms. The van der Waals surface area contributed by atoms with Crippen LogP contribution < -0.4 is 5.32 Å². The number of hydrogen-bond acceptors (Lipinski definition) is 3. The lowest BCUT2D eigenvalue weighted by Gasteiger charge is -2.35. The Morgan fingerprint density at radius 2 is 1.88 bits per heavy atom. The normalized spacial score (nSPS) is 20.1. The van der Waals surface area contributed by atoms with E-state index in [1.54, 1.807) is 0 Å². The van der Waals surface area contributed by atoms with Gasteiger partial charge < -0.3 is 10.2 Å². The topological polar surface area (TPSA) is 35.6 Å². The first-order valence-electron chi connectivity index (χ1n) is 10.4. The molecule has 1 aromatic rings. The number of nitrogens with zero attached hydrogens (tertiary/aromatic N) is 2. The summed E-state index contributed by atoms with van der Waals surface area (Å²) in [6.45, 7) is 6.81. The second-order valence-corrected chi connectivity index (χ2v) is 8.20. The molecule has 1 aromatic carbocycles. The molecule has 2 fully saturated rings. The van der Waals surface area contributed by atoms with Gasteiger partial charge in [0.05, 0.1) is 6.54 Å². The molecule has 4 nitrogen and oxygen atoms in total. The van der Waals surface area contributed by atoms with E-state index in [0.717, 1.165) is 32.1 Å². The van der Waals surface area contributed by atoms with Gasteiger partial charge in [0.1, 0.15) is 0 Å². The van der Waals surface area contributed by atoms with Gasteiger partial charge in [0.25, 0.3) is 0 Å². The average molecular weight is 358 g/mol. The van der Waals surface area contributed by atoms with Gasteiger partial charge in [0.2, 0.25) is 5.91 Å². The standard InChI is InChI=1S/C22H35N3O/c1-18(21-8-9-21)25(16-20-6-4-3-5-7-20)22(26)17-24-14-11-19(12-15-24)10-13-23-2/h3-7,18-19,21,23H,8-17H2,1-2H3. The Bertz CT molecular complexity index is 550. The lowest BCUT2D eigenvalue weighted by Crippen LogP contribution is -2.47. The van der Waals surface area contributed by atoms with Crippen LogP contribution in [-0.4, -0.2) is 55.0 Å². The van der Waals surface area contributed by atoms with Gasteiger partial charge in [-0.15, -0.1) is 0 Å². The van der Waals surface area contributed by atoms with Gasteiger partial charge in [-0.05, 0) is 83.1 Å². The predicted molar refractivity (Wildman–Crippen MR) is 107 cm³/mol. The molecule has 1 unspecified atom stereocenters. The van der Waals surface area contributed by atoms with Gasteiger partial charge in [-0.2, -0.15) is 0 Å². The summed E-state index contributed by atoms with van der Waals surface area (Å²) in [5, 5.41) is 3.25. The minimum absolute atomic E-state index is 0.307. The van der Waals surface area contributed by atoms with Crippen LogP contribution in [0.1, 0.15) is 44.6 Å². The first-order chi connectivity index (χ1) is 12.7. The van der Waals surface area contributed by atoms with E-state index < -0.39 is 0 Å². The summed E-state index contributed by atoms with van der Waals surface area (Å²) in [6, 6.07) is 10.8. The molecule has 1 amide bonds. The fourth-order valence-electron chi connectivity index (χ4n) is 4.14. The van der Waals surface area contributed by atoms with Crippen LogP contribution in [0.4, 0.5) is 0 Å². The lowest BCUT2D eigenvalue weighted by atomic mass is 9.93. The van der Waals surface area contributed by atoms with Crippen molar-refractivity contribution in [1.29, 1.82) is 0 Å². The monoisotopic (exact) mass is 357 g/mol. The Balaban J connectivity index is 1.54. The van der Waals surface area contributed by atoms with Crippen LogP contribution in [0.5, 0.6) is 0 Å². The van der Waals surface area contributed by atoms with Crippen molar-refractivity contribution in [2.75, 3.05) is 33.2 Å². The van der Waals surface area contributed by atoms with E-state index in [1.807, 2.05) is 13.1 Å². The van der Waals surface area contributed by atoms with Crippen LogP contribution in [0, 0.1) is 11.8 Å². The van der Waals surface area contributed by atoms with E-state index in [4.69, 9.17) is 0 Å². The summed E-state index contributed by atoms with van der Waals surface area (Å²) in [4.78, 5) is 17.6. The Hall–Kier alpha value is -1.39. The van der Waals surface area contributed by atoms with Crippen molar-refractivity contribution in [3.05, 3.63) is 35.9 Å². The highest BCUT2D eigenvalue weighted by atomic mass is 16.2. The molecule has 4 heteroatoms. The van der Waals surface area contributed by atoms with Crippen molar-refractivity contribution in [2.45, 2.75) is 51.6 Å². The van der Waals surface area contributed by atoms with Gasteiger partial charge in [-0.3, -0.25) is 9.69 Å². The van der Waals surface area contributed by atoms with Crippen LogP contribution in [0.15, 0.2) is 30.3 Å². The molecule has 0 bridgehead atoms. The van der Waals surface area contributed by atoms with Crippen molar-refractivity contribution in [2.24, 2.45) is 11.8 Å². The first-order valence-corrected chi connectivity index (χ1v) is 10.4. The fraction of sp³-hybridized carbons (Fsp3) is 0.682. The smallest absolute Gasteiger partial charge is 0.237 e. The van der Waals surface area contributed by atoms with Gasteiger partial charge in [0.15, 0.2) is 0 Å². The number of piperidine rings is 1. The van der Waals surface area contributed by atoms with Gasteiger partial charge >= 0.3 is 0 Å². The van der Waals surface area contributed by atoms with Gasteiger partial charge in [-0.1, -0.05) is 30.3 Å². The molecular weight excluding hydrogens is 322 g/mol. The Morgan fingerprint density at radius 3 is 2.50 bits per heavy atom. The number of carbonyl (C=O) groups excluding carboxylic acids is 1. The number of carbonyl (C=O) groups is 1. The lowest BCUT2D eigenvalue weighted by molar-refractivity contribution is -0.136. The maximum absolute atomic E-state index is 13.1. The minimum Gasteiger partial charge on any atom is -0.334 e. The van der Waals surface area contributed by atoms with E-state index in [-0.39, 0.29) is 0 Å². The summed E-state index contributed by atoms with van der Waals surface area (Å²) in [6.07, 6.45) is 6.27. The third-order valence-electron chi connectivity index (χ3n) is 6.18. The highest BCUT2D eigenvalue weighted by molar-refractivity contribution is 5.78. The van der Waals surface area contributed by atoms with E-state index in [2.05, 4.69) is 46.3 Å². The maximum Gasteiger partial charge on any atom is 0.237 e. The highest BCUT2D eigenvalue weighted by Crippen LogP contribution is 2.35. The quantitative estimate of drug-likeness (QED) is 0.737. The molecule has 26 heavy (non-hydrogen) atoms. The van der Waals surface area contributed by atoms with Gasteiger partial charge in [-0.25, -0.2) is 0 Å². The molecule has 144 valence electrons. The summed E-state index contributed by atoms with van der Waals surface area (Å²) in [7, 11) is 2.02. The van der Waals surface area contributed by atoms with Crippen LogP contribution in [-0.2, 0) is 11.3 Å². The number of benzene rings is 1. The number of hydrogen-bond donors (Lipinski definition) is 1. The molecule has 2 aliphatic rings. The van der Waals surface area contributed by atoms with Crippen LogP contribution in [0.3, 0.4) is 0 Å². The molecule has 1 aliphatic carbocycles. The Kier molecular flexibility index (Phi) is 7.09. The SMILES string of the molecule is CNCCC1CCN(CC(=O)N(Cc2ccccc2)C(C)C2CC2)CC1. The Labute approximate surface area is 158 Å². The number of amides is 1. The number of likely N-dealkylation sites (tertiary alicyclic amines) is 1. The summed E-state index contributed by atoms with van der Waals surface area (Å²) in [5.74, 6) is 1.83. The van der Waals surface area contributed by atoms with Crippen molar-refractivity contribution in [3.8, 4) is 0 Å². The zero-order valence-corrected chi connectivity index (χ0v) is 16.5. The number of rotatable bonds is 9. The van der Waals surface area contributed by atoms with E-state index in [0.29, 0.717) is 24.4 Å². The minimum atomic E-state index is 0.307. The third-order valence-corrected chi connectivity index (χ3v) is 6.18. The molecule has 3 rings (SSSR count). The first kappa shape index (κ1) is 19.4. The molecule has 0 aromatic heterocycles. The number of nitrogens with one attached hydrogen (secondary N) is 1. The summed E-state index contributed by atoms with van der Waals surface area (Å²) < 4.78 is 0. The second-order valence-electron chi connectivity index (χ2n) is 8.20. The van der Waals surface area contributed by atoms with Crippen molar-refractivity contribution in [1.82, 2.24) is 15.1 Å². The predicted octanol–water partition coefficient (Wildman–Crippen LogP) is 3.14. The molecule has 1 saturated heterocycles. The fourth-order valence-corrected chi connectivity index (χ4v) is 4.14. The second kappa shape index (κ2) is 9.52. The van der Waals surface area contributed by atoms with Crippen LogP contribution in [0.25, 0.3) is 0 Å². The molecule has 1 N–H and O–H groups in total. The van der Waals surface area contributed by atoms with E-state index in [9.17, 15) is 4.79 Å². The van der Waals surface area contributed by atoms with Crippen LogP contribution >= 0.6 is 0 Å². The molecule has 0 radical (unpaired) electrons. The van der Waals surface area contributed by atoms with Crippen molar-refractivity contribution >= 4 is 5.91 Å². The molecule has 1 saturated carbocycles. The Morgan fingerprint density at radius 1 is 1.19 bits per heavy atom. The van der Waals surface area contributed by atoms with Gasteiger partial charge in [0, 0.05) is 12.6 Å². The van der Waals surface area contributed by atoms with Crippen molar-refractivity contribution in [3.63, 3.8) is 0 Å². The molecule has 1 heterocycles. The highest BCUT2D eigenvalue weighted by Gasteiger charge is 2.35. The van der Waals surface area contributed by atoms with Crippen LogP contribution in [0.2, 0.25) is 0 Å². The summed E-state index contributed by atoms with van der Waals surface area (Å²) >= 11 is 0.